The minimum atomic E-state index is -0.675. The van der Waals surface area contributed by atoms with Gasteiger partial charge in [-0.25, -0.2) is 4.99 Å². The van der Waals surface area contributed by atoms with E-state index >= 15 is 0 Å². The number of carbonyl (C=O) groups excluding carboxylic acids is 4. The van der Waals surface area contributed by atoms with Crippen LogP contribution in [0.3, 0.4) is 0 Å². The van der Waals surface area contributed by atoms with Gasteiger partial charge in [-0.15, -0.1) is 27.8 Å². The van der Waals surface area contributed by atoms with Crippen molar-refractivity contribution >= 4 is 74.4 Å². The summed E-state index contributed by atoms with van der Waals surface area (Å²) in [7, 11) is 0. The van der Waals surface area contributed by atoms with Crippen LogP contribution < -0.4 is 41.9 Å². The first kappa shape index (κ1) is 68.8. The Hall–Kier alpha value is -8.16. The van der Waals surface area contributed by atoms with Crippen molar-refractivity contribution in [3.63, 3.8) is 0 Å². The Bertz CT molecular complexity index is 4230. The zero-order chi connectivity index (χ0) is 67.6. The number of nitrogens with one attached hydrogen (secondary N) is 4. The van der Waals surface area contributed by atoms with Gasteiger partial charge in [-0.2, -0.15) is 0 Å². The number of ether oxygens (including phenoxy) is 4. The molecule has 5 atom stereocenters. The summed E-state index contributed by atoms with van der Waals surface area (Å²) in [5.74, 6) is -1.19. The maximum absolute atomic E-state index is 14.5. The molecule has 4 saturated heterocycles. The fourth-order valence-electron chi connectivity index (χ4n) is 13.7. The molecule has 0 radical (unpaired) electrons. The smallest absolute Gasteiger partial charge is 0.674 e. The number of carbonyl (C=O) groups is 4. The number of hydrogen-bond donors (Lipinski definition) is 4. The topological polar surface area (TPSA) is 208 Å². The molecule has 0 saturated carbocycles. The van der Waals surface area contributed by atoms with Gasteiger partial charge >= 0.3 is 16.8 Å². The second-order valence-electron chi connectivity index (χ2n) is 30.5. The maximum atomic E-state index is 14.5. The van der Waals surface area contributed by atoms with Crippen molar-refractivity contribution in [2.24, 2.45) is 4.99 Å². The third kappa shape index (κ3) is 14.4. The number of amides is 4. The minimum absolute atomic E-state index is 0. The Kier molecular flexibility index (Phi) is 19.3. The number of nitrogens with zero attached hydrogens (tertiary/aromatic N) is 4. The van der Waals surface area contributed by atoms with E-state index < -0.39 is 30.5 Å². The Morgan fingerprint density at radius 2 is 0.835 bits per heavy atom. The number of rotatable bonds is 12. The van der Waals surface area contributed by atoms with E-state index in [1.165, 1.54) is 0 Å². The second-order valence-corrected chi connectivity index (χ2v) is 30.5. The molecule has 16 nitrogen and oxygen atoms in total. The summed E-state index contributed by atoms with van der Waals surface area (Å²) in [5.41, 5.74) is 13.4. The quantitative estimate of drug-likeness (QED) is 0.0911. The molecule has 2 aromatic heterocycles. The zero-order valence-corrected chi connectivity index (χ0v) is 58.8. The van der Waals surface area contributed by atoms with Crippen LogP contribution in [0.25, 0.3) is 27.6 Å². The molecule has 17 heteroatoms. The summed E-state index contributed by atoms with van der Waals surface area (Å²) in [6.45, 7) is 28.5. The number of aromatic nitrogens is 2. The molecule has 4 N–H and O–H groups in total. The molecule has 6 aromatic rings. The van der Waals surface area contributed by atoms with E-state index in [1.807, 2.05) is 78.9 Å². The molecule has 1 unspecified atom stereocenters. The first-order chi connectivity index (χ1) is 45.7. The molecule has 4 aromatic carbocycles. The largest absolute Gasteiger partial charge is 3.00 e. The Morgan fingerprint density at radius 1 is 0.443 bits per heavy atom. The molecule has 97 heavy (non-hydrogen) atoms. The monoisotopic (exact) mass is 1350 g/mol. The van der Waals surface area contributed by atoms with Gasteiger partial charge in [0.1, 0.15) is 24.4 Å². The number of aliphatic imine (C=N–C) groups is 1. The van der Waals surface area contributed by atoms with E-state index in [0.29, 0.717) is 136 Å². The van der Waals surface area contributed by atoms with Crippen molar-refractivity contribution in [3.05, 3.63) is 205 Å². The fraction of sp³-hybridized carbons (Fsp3) is 0.412. The summed E-state index contributed by atoms with van der Waals surface area (Å²) in [4.78, 5) is 75.2. The fourth-order valence-corrected chi connectivity index (χ4v) is 13.7. The minimum Gasteiger partial charge on any atom is -0.674 e. The Balaban J connectivity index is 0.00000897. The van der Waals surface area contributed by atoms with Gasteiger partial charge in [-0.05, 0) is 160 Å². The van der Waals surface area contributed by atoms with Crippen molar-refractivity contribution in [3.8, 4) is 0 Å². The number of fused-ring (bicyclic) bond motifs is 7. The molecule has 7 aliphatic rings. The molecule has 4 amide bonds. The van der Waals surface area contributed by atoms with Crippen molar-refractivity contribution in [1.29, 1.82) is 0 Å². The van der Waals surface area contributed by atoms with Gasteiger partial charge in [0.2, 0.25) is 0 Å². The van der Waals surface area contributed by atoms with Crippen LogP contribution in [-0.4, -0.2) is 86.2 Å². The first-order valence-corrected chi connectivity index (χ1v) is 34.2. The van der Waals surface area contributed by atoms with Crippen LogP contribution in [-0.2, 0) is 76.6 Å². The molecular formula is C80H89CoN8O8. The van der Waals surface area contributed by atoms with Crippen LogP contribution in [0.5, 0.6) is 0 Å². The van der Waals surface area contributed by atoms with Crippen LogP contribution in [0, 0.1) is 0 Å². The summed E-state index contributed by atoms with van der Waals surface area (Å²) in [6.07, 6.45) is 10.7. The van der Waals surface area contributed by atoms with Gasteiger partial charge in [0, 0.05) is 37.6 Å². The van der Waals surface area contributed by atoms with E-state index in [-0.39, 0.29) is 62.1 Å². The van der Waals surface area contributed by atoms with Gasteiger partial charge in [0.05, 0.1) is 34.2 Å². The van der Waals surface area contributed by atoms with E-state index in [2.05, 4.69) is 147 Å². The molecule has 0 aliphatic carbocycles. The third-order valence-electron chi connectivity index (χ3n) is 19.2. The first-order valence-electron chi connectivity index (χ1n) is 34.2. The number of allylic oxidation sites excluding steroid dienone is 3. The van der Waals surface area contributed by atoms with Crippen LogP contribution >= 0.6 is 0 Å². The number of benzene rings is 4. The van der Waals surface area contributed by atoms with Gasteiger partial charge in [0.15, 0.2) is 0 Å². The average molecular weight is 1350 g/mol. The Morgan fingerprint density at radius 3 is 1.24 bits per heavy atom. The molecule has 0 spiro atoms. The number of hydrogen-bond acceptors (Lipinski definition) is 9. The Labute approximate surface area is 580 Å². The van der Waals surface area contributed by atoms with Crippen molar-refractivity contribution in [2.75, 3.05) is 47.7 Å². The van der Waals surface area contributed by atoms with E-state index in [4.69, 9.17) is 39.2 Å². The molecule has 9 heterocycles. The van der Waals surface area contributed by atoms with Crippen LogP contribution in [0.1, 0.15) is 190 Å². The zero-order valence-electron chi connectivity index (χ0n) is 57.8. The molecule has 4 fully saturated rings. The van der Waals surface area contributed by atoms with Crippen molar-refractivity contribution in [1.82, 2.24) is 9.97 Å². The molecular weight excluding hydrogens is 1260 g/mol. The number of anilines is 4. The third-order valence-corrected chi connectivity index (χ3v) is 19.2. The maximum Gasteiger partial charge on any atom is 3.00 e. The molecule has 506 valence electrons. The average Bonchev–Trinajstić information content (AvgIpc) is 1.73. The van der Waals surface area contributed by atoms with Crippen LogP contribution in [0.4, 0.5) is 22.7 Å². The van der Waals surface area contributed by atoms with Gasteiger partial charge in [0.25, 0.3) is 23.6 Å². The van der Waals surface area contributed by atoms with E-state index in [9.17, 15) is 19.2 Å². The molecule has 8 bridgehead atoms. The predicted molar refractivity (Wildman–Crippen MR) is 380 cm³/mol. The molecule has 7 aliphatic heterocycles. The van der Waals surface area contributed by atoms with Crippen molar-refractivity contribution in [2.45, 2.75) is 187 Å². The second kappa shape index (κ2) is 27.3. The van der Waals surface area contributed by atoms with Crippen LogP contribution in [0.2, 0.25) is 0 Å². The summed E-state index contributed by atoms with van der Waals surface area (Å²) in [5, 5.41) is 20.1. The van der Waals surface area contributed by atoms with Crippen molar-refractivity contribution < 1.29 is 54.9 Å². The van der Waals surface area contributed by atoms with Crippen LogP contribution in [0.15, 0.2) is 138 Å². The SMILES string of the molecule is CC(C)(C)c1cc(/C2=C3\C=CC(=N3)/C(c3c(NC(=O)[C@@H]4CCCO4)cccc3NC(=O)[C@@H]3CCCO3)=c3/cc/c([n-]3)=C(\c3cc(C(C)(C)C)cc(C(C)(C)C)c3)C3C=C/C(=C(\c4c(NC(=O)[C@@H]5CCCO5)cccc4NC(=O)[C@@H]4CCCO4)c4ccc2[n-]4)[N-]3)cc(C(C)(C)C)c1.[Co+3]. The van der Waals surface area contributed by atoms with E-state index in [1.54, 1.807) is 0 Å². The summed E-state index contributed by atoms with van der Waals surface area (Å²) < 4.78 is 23.9. The summed E-state index contributed by atoms with van der Waals surface area (Å²) >= 11 is 0. The normalized spacial score (nSPS) is 23.7. The predicted octanol–water partition coefficient (Wildman–Crippen LogP) is 13.2. The van der Waals surface area contributed by atoms with Gasteiger partial charge in [-0.3, -0.25) is 19.2 Å². The van der Waals surface area contributed by atoms with Gasteiger partial charge < -0.3 is 55.5 Å². The standard InChI is InChI=1S/C80H92N8O8.Co/c1-77(2,3)47-39-45(40-48(43-47)78(4,5)6)67-55-27-31-59(81-55)71(69-51(85-73(89)63-23-15-35-93-63)19-13-20-52(69)86-74(90)64-24-16-36-94-64)61-33-29-57(83-61)68(46-41-49(79(7,8)9)44-50(42-46)80(10,11)12)58-30-34-62(84-58)72(60-32-28-56(67)82-60)70-53(87-75(91)65-25-17-37-95-65)21-14-22-54(70)88-76(92)66-26-18-38-96-66;/h13-14,19-22,27-34,39-44,55,63-66H,15-18,23-26,35-38H2,1-12H3,(H7,81,82,83,84,85,86,87,88,89,90,91,92);/q;+3/p-3/b67-56-;/t55?,63-,64-,65-,66-;/m0./s1. The van der Waals surface area contributed by atoms with E-state index in [0.717, 1.165) is 70.2 Å². The van der Waals surface area contributed by atoms with Gasteiger partial charge in [-0.1, -0.05) is 180 Å². The molecule has 13 rings (SSSR count). The summed E-state index contributed by atoms with van der Waals surface area (Å²) in [6, 6.07) is 32.0.